The van der Waals surface area contributed by atoms with Crippen molar-refractivity contribution in [2.75, 3.05) is 0 Å². The van der Waals surface area contributed by atoms with Gasteiger partial charge in [0, 0.05) is 11.3 Å². The van der Waals surface area contributed by atoms with Crippen LogP contribution in [0.1, 0.15) is 23.7 Å². The lowest BCUT2D eigenvalue weighted by molar-refractivity contribution is -0.140. The summed E-state index contributed by atoms with van der Waals surface area (Å²) in [6.07, 6.45) is 0.558. The monoisotopic (exact) mass is 238 g/mol. The quantitative estimate of drug-likeness (QED) is 0.858. The van der Waals surface area contributed by atoms with Crippen LogP contribution in [0.4, 0.5) is 0 Å². The van der Waals surface area contributed by atoms with Gasteiger partial charge in [-0.1, -0.05) is 6.07 Å². The topological polar surface area (TPSA) is 80.9 Å². The van der Waals surface area contributed by atoms with E-state index in [1.165, 1.54) is 4.68 Å². The molecule has 0 aliphatic carbocycles. The Hall–Kier alpha value is -1.76. The second-order valence-electron chi connectivity index (χ2n) is 3.31. The number of carboxylic acid groups (broad SMARTS) is 1. The van der Waals surface area contributed by atoms with E-state index in [1.54, 1.807) is 18.3 Å². The molecule has 6 nitrogen and oxygen atoms in total. The van der Waals surface area contributed by atoms with Crippen molar-refractivity contribution < 1.29 is 9.90 Å². The van der Waals surface area contributed by atoms with Crippen molar-refractivity contribution in [3.8, 4) is 0 Å². The van der Waals surface area contributed by atoms with Crippen LogP contribution >= 0.6 is 11.3 Å². The molecule has 1 atom stereocenters. The predicted octanol–water partition coefficient (Wildman–Crippen LogP) is 0.971. The van der Waals surface area contributed by atoms with E-state index in [9.17, 15) is 4.79 Å². The summed E-state index contributed by atoms with van der Waals surface area (Å²) in [6, 6.07) is 3.16. The third-order valence-electron chi connectivity index (χ3n) is 2.20. The van der Waals surface area contributed by atoms with Crippen molar-refractivity contribution in [3.05, 3.63) is 28.2 Å². The lowest BCUT2D eigenvalue weighted by atomic mass is 10.3. The zero-order valence-electron chi connectivity index (χ0n) is 8.57. The average Bonchev–Trinajstić information content (AvgIpc) is 2.88. The molecule has 0 aliphatic heterocycles. The number of rotatable bonds is 4. The second kappa shape index (κ2) is 4.40. The first-order valence-corrected chi connectivity index (χ1v) is 5.58. The molecule has 2 aromatic heterocycles. The van der Waals surface area contributed by atoms with Crippen LogP contribution in [0.25, 0.3) is 0 Å². The lowest BCUT2D eigenvalue weighted by Gasteiger charge is -2.07. The van der Waals surface area contributed by atoms with Gasteiger partial charge < -0.3 is 5.11 Å². The molecule has 1 N–H and O–H groups in total. The predicted molar refractivity (Wildman–Crippen MR) is 57.3 cm³/mol. The zero-order chi connectivity index (χ0) is 11.5. The minimum atomic E-state index is -0.945. The van der Waals surface area contributed by atoms with Crippen molar-refractivity contribution in [1.29, 1.82) is 0 Å². The van der Waals surface area contributed by atoms with E-state index in [4.69, 9.17) is 5.11 Å². The van der Waals surface area contributed by atoms with Gasteiger partial charge in [-0.2, -0.15) is 0 Å². The molecule has 1 unspecified atom stereocenters. The van der Waals surface area contributed by atoms with Crippen LogP contribution in [-0.4, -0.2) is 31.3 Å². The molecule has 0 aromatic carbocycles. The number of carboxylic acids is 1. The smallest absolute Gasteiger partial charge is 0.328 e. The Morgan fingerprint density at radius 2 is 2.50 bits per heavy atom. The fourth-order valence-electron chi connectivity index (χ4n) is 1.30. The molecule has 2 aromatic rings. The van der Waals surface area contributed by atoms with Gasteiger partial charge in [0.2, 0.25) is 0 Å². The molecule has 0 aliphatic rings. The van der Waals surface area contributed by atoms with Gasteiger partial charge in [0.1, 0.15) is 6.04 Å². The SMILES string of the molecule is CC(C(=O)O)n1nnnc1Cc1cccs1. The van der Waals surface area contributed by atoms with Crippen LogP contribution in [-0.2, 0) is 11.2 Å². The summed E-state index contributed by atoms with van der Waals surface area (Å²) in [7, 11) is 0. The number of hydrogen-bond donors (Lipinski definition) is 1. The van der Waals surface area contributed by atoms with Crippen LogP contribution in [0.5, 0.6) is 0 Å². The van der Waals surface area contributed by atoms with E-state index in [0.29, 0.717) is 12.2 Å². The van der Waals surface area contributed by atoms with E-state index in [2.05, 4.69) is 15.5 Å². The number of thiophene rings is 1. The molecule has 0 amide bonds. The van der Waals surface area contributed by atoms with Gasteiger partial charge in [0.15, 0.2) is 5.82 Å². The Labute approximate surface area is 95.5 Å². The van der Waals surface area contributed by atoms with Gasteiger partial charge >= 0.3 is 5.97 Å². The summed E-state index contributed by atoms with van der Waals surface area (Å²) in [6.45, 7) is 1.55. The number of hydrogen-bond acceptors (Lipinski definition) is 5. The zero-order valence-corrected chi connectivity index (χ0v) is 9.39. The van der Waals surface area contributed by atoms with Gasteiger partial charge in [-0.05, 0) is 28.8 Å². The maximum atomic E-state index is 10.8. The fraction of sp³-hybridized carbons (Fsp3) is 0.333. The van der Waals surface area contributed by atoms with Gasteiger partial charge in [-0.15, -0.1) is 16.4 Å². The first-order valence-electron chi connectivity index (χ1n) is 4.70. The van der Waals surface area contributed by atoms with Crippen molar-refractivity contribution >= 4 is 17.3 Å². The van der Waals surface area contributed by atoms with E-state index >= 15 is 0 Å². The Kier molecular flexibility index (Phi) is 2.95. The largest absolute Gasteiger partial charge is 0.480 e. The summed E-state index contributed by atoms with van der Waals surface area (Å²) in [5.74, 6) is -0.378. The molecule has 0 radical (unpaired) electrons. The highest BCUT2D eigenvalue weighted by Crippen LogP contribution is 2.15. The summed E-state index contributed by atoms with van der Waals surface area (Å²) in [5, 5.41) is 21.9. The molecule has 0 bridgehead atoms. The summed E-state index contributed by atoms with van der Waals surface area (Å²) in [4.78, 5) is 11.9. The summed E-state index contributed by atoms with van der Waals surface area (Å²) in [5.41, 5.74) is 0. The van der Waals surface area contributed by atoms with Crippen molar-refractivity contribution in [1.82, 2.24) is 20.2 Å². The Morgan fingerprint density at radius 3 is 3.12 bits per heavy atom. The first kappa shape index (κ1) is 10.7. The van der Waals surface area contributed by atoms with E-state index < -0.39 is 12.0 Å². The minimum Gasteiger partial charge on any atom is -0.480 e. The lowest BCUT2D eigenvalue weighted by Crippen LogP contribution is -2.19. The molecule has 0 saturated heterocycles. The second-order valence-corrected chi connectivity index (χ2v) is 4.34. The Balaban J connectivity index is 2.22. The van der Waals surface area contributed by atoms with Gasteiger partial charge in [-0.3, -0.25) is 0 Å². The fourth-order valence-corrected chi connectivity index (χ4v) is 2.00. The maximum absolute atomic E-state index is 10.8. The number of tetrazole rings is 1. The molecule has 0 fully saturated rings. The van der Waals surface area contributed by atoms with Crippen LogP contribution in [0.15, 0.2) is 17.5 Å². The van der Waals surface area contributed by atoms with Crippen molar-refractivity contribution in [2.24, 2.45) is 0 Å². The Bertz CT molecular complexity index is 479. The maximum Gasteiger partial charge on any atom is 0.328 e. The number of aromatic nitrogens is 4. The molecule has 84 valence electrons. The molecule has 0 saturated carbocycles. The van der Waals surface area contributed by atoms with E-state index in [-0.39, 0.29) is 0 Å². The van der Waals surface area contributed by atoms with Crippen molar-refractivity contribution in [2.45, 2.75) is 19.4 Å². The van der Waals surface area contributed by atoms with E-state index in [0.717, 1.165) is 4.88 Å². The molecule has 16 heavy (non-hydrogen) atoms. The molecule has 2 rings (SSSR count). The highest BCUT2D eigenvalue weighted by atomic mass is 32.1. The normalized spacial score (nSPS) is 12.6. The third-order valence-corrected chi connectivity index (χ3v) is 3.07. The van der Waals surface area contributed by atoms with E-state index in [1.807, 2.05) is 17.5 Å². The van der Waals surface area contributed by atoms with Crippen molar-refractivity contribution in [3.63, 3.8) is 0 Å². The molecule has 2 heterocycles. The van der Waals surface area contributed by atoms with Crippen LogP contribution in [0.3, 0.4) is 0 Å². The average molecular weight is 238 g/mol. The van der Waals surface area contributed by atoms with Gasteiger partial charge in [0.25, 0.3) is 0 Å². The number of carbonyl (C=O) groups is 1. The number of nitrogens with zero attached hydrogens (tertiary/aromatic N) is 4. The molecular formula is C9H10N4O2S. The summed E-state index contributed by atoms with van der Waals surface area (Å²) >= 11 is 1.59. The standard InChI is InChI=1S/C9H10N4O2S/c1-6(9(14)15)13-8(10-11-12-13)5-7-3-2-4-16-7/h2-4,6H,5H2,1H3,(H,14,15). The number of aliphatic carboxylic acids is 1. The van der Waals surface area contributed by atoms with Gasteiger partial charge in [0.05, 0.1) is 0 Å². The highest BCUT2D eigenvalue weighted by Gasteiger charge is 2.19. The van der Waals surface area contributed by atoms with Gasteiger partial charge in [-0.25, -0.2) is 9.48 Å². The highest BCUT2D eigenvalue weighted by molar-refractivity contribution is 7.09. The van der Waals surface area contributed by atoms with Crippen LogP contribution < -0.4 is 0 Å². The third kappa shape index (κ3) is 2.08. The van der Waals surface area contributed by atoms with Crippen LogP contribution in [0.2, 0.25) is 0 Å². The minimum absolute atomic E-state index is 0.558. The first-order chi connectivity index (χ1) is 7.68. The molecule has 0 spiro atoms. The molecule has 7 heteroatoms. The van der Waals surface area contributed by atoms with Crippen LogP contribution in [0, 0.1) is 0 Å². The molecular weight excluding hydrogens is 228 g/mol. The summed E-state index contributed by atoms with van der Waals surface area (Å²) < 4.78 is 1.34. The Morgan fingerprint density at radius 1 is 1.69 bits per heavy atom.